The van der Waals surface area contributed by atoms with E-state index in [4.69, 9.17) is 4.74 Å². The lowest BCUT2D eigenvalue weighted by molar-refractivity contribution is -0.110. The molecule has 31 heavy (non-hydrogen) atoms. The van der Waals surface area contributed by atoms with Crippen LogP contribution in [0, 0.1) is 6.92 Å². The van der Waals surface area contributed by atoms with E-state index in [1.54, 1.807) is 24.8 Å². The highest BCUT2D eigenvalue weighted by Gasteiger charge is 2.27. The predicted octanol–water partition coefficient (Wildman–Crippen LogP) is 3.63. The maximum atomic E-state index is 12.7. The number of carbonyl (C=O) groups is 1. The maximum Gasteiger partial charge on any atom is 0.257 e. The summed E-state index contributed by atoms with van der Waals surface area (Å²) in [6.07, 6.45) is 8.93. The second-order valence-electron chi connectivity index (χ2n) is 7.57. The molecular weight excluding hydrogens is 392 g/mol. The van der Waals surface area contributed by atoms with Crippen LogP contribution in [-0.4, -0.2) is 39.0 Å². The summed E-state index contributed by atoms with van der Waals surface area (Å²) in [5.74, 6) is 1.00. The first kappa shape index (κ1) is 17.6. The minimum Gasteiger partial charge on any atom is -0.474 e. The van der Waals surface area contributed by atoms with Crippen molar-refractivity contribution < 1.29 is 9.53 Å². The molecule has 0 atom stereocenters. The first-order valence-electron chi connectivity index (χ1n) is 10.0. The monoisotopic (exact) mass is 410 g/mol. The lowest BCUT2D eigenvalue weighted by Gasteiger charge is -2.21. The fourth-order valence-corrected chi connectivity index (χ4v) is 4.10. The lowest BCUT2D eigenvalue weighted by Crippen LogP contribution is -2.20. The summed E-state index contributed by atoms with van der Waals surface area (Å²) < 4.78 is 5.63. The molecule has 8 nitrogen and oxygen atoms in total. The quantitative estimate of drug-likeness (QED) is 0.436. The summed E-state index contributed by atoms with van der Waals surface area (Å²) in [6.45, 7) is 3.38. The normalized spacial score (nSPS) is 15.9. The second-order valence-corrected chi connectivity index (χ2v) is 7.57. The standard InChI is InChI=1S/C23H18N6O2/c1-12-18(11-27-23-20(12)25-4-5-31-23)13-7-16-17(22(30)29-21(16)26-10-13)8-15-6-14-9-24-3-2-19(14)28-15/h2-3,6-11,25,28H,4-5H2,1H3,(H,26,29,30)/b17-8-. The van der Waals surface area contributed by atoms with Gasteiger partial charge >= 0.3 is 0 Å². The number of aromatic nitrogens is 4. The molecule has 0 bridgehead atoms. The van der Waals surface area contributed by atoms with E-state index in [1.165, 1.54) is 0 Å². The van der Waals surface area contributed by atoms with Crippen LogP contribution in [0.5, 0.6) is 5.88 Å². The Morgan fingerprint density at radius 1 is 1.13 bits per heavy atom. The number of rotatable bonds is 2. The molecule has 0 fully saturated rings. The number of hydrogen-bond acceptors (Lipinski definition) is 6. The van der Waals surface area contributed by atoms with Crippen LogP contribution in [0.4, 0.5) is 11.5 Å². The summed E-state index contributed by atoms with van der Waals surface area (Å²) in [6, 6.07) is 5.86. The first-order chi connectivity index (χ1) is 15.2. The SMILES string of the molecule is Cc1c(-c2cnc3c(c2)/C(=C/c2cc4cnccc4[nH]2)C(=O)N3)cnc2c1NCCO2. The number of nitrogens with zero attached hydrogens (tertiary/aromatic N) is 3. The van der Waals surface area contributed by atoms with Gasteiger partial charge in [-0.25, -0.2) is 9.97 Å². The van der Waals surface area contributed by atoms with Gasteiger partial charge in [-0.1, -0.05) is 0 Å². The van der Waals surface area contributed by atoms with Crippen molar-refractivity contribution in [1.82, 2.24) is 19.9 Å². The minimum atomic E-state index is -0.174. The van der Waals surface area contributed by atoms with Crippen LogP contribution in [0.25, 0.3) is 33.7 Å². The van der Waals surface area contributed by atoms with Crippen molar-refractivity contribution in [3.05, 3.63) is 59.8 Å². The van der Waals surface area contributed by atoms with Crippen LogP contribution < -0.4 is 15.4 Å². The van der Waals surface area contributed by atoms with E-state index in [0.717, 1.165) is 51.1 Å². The number of nitrogens with one attached hydrogen (secondary N) is 3. The third kappa shape index (κ3) is 2.83. The first-order valence-corrected chi connectivity index (χ1v) is 10.0. The van der Waals surface area contributed by atoms with Gasteiger partial charge in [0.2, 0.25) is 5.88 Å². The summed E-state index contributed by atoms with van der Waals surface area (Å²) in [4.78, 5) is 29.1. The number of ether oxygens (including phenoxy) is 1. The van der Waals surface area contributed by atoms with Gasteiger partial charge in [0.05, 0.1) is 5.57 Å². The van der Waals surface area contributed by atoms with Crippen molar-refractivity contribution in [3.63, 3.8) is 0 Å². The molecule has 6 rings (SSSR count). The molecule has 2 aliphatic heterocycles. The molecule has 0 aromatic carbocycles. The van der Waals surface area contributed by atoms with Gasteiger partial charge in [-0.2, -0.15) is 0 Å². The summed E-state index contributed by atoms with van der Waals surface area (Å²) in [5, 5.41) is 7.20. The van der Waals surface area contributed by atoms with Gasteiger partial charge in [-0.15, -0.1) is 0 Å². The van der Waals surface area contributed by atoms with Crippen LogP contribution in [0.2, 0.25) is 0 Å². The van der Waals surface area contributed by atoms with Crippen LogP contribution in [0.3, 0.4) is 0 Å². The second kappa shape index (κ2) is 6.66. The van der Waals surface area contributed by atoms with E-state index in [1.807, 2.05) is 31.2 Å². The third-order valence-electron chi connectivity index (χ3n) is 5.65. The zero-order valence-electron chi connectivity index (χ0n) is 16.7. The number of anilines is 2. The largest absolute Gasteiger partial charge is 0.474 e. The number of fused-ring (bicyclic) bond motifs is 3. The van der Waals surface area contributed by atoms with E-state index in [0.29, 0.717) is 23.9 Å². The molecule has 0 unspecified atom stereocenters. The van der Waals surface area contributed by atoms with Gasteiger partial charge < -0.3 is 20.4 Å². The smallest absolute Gasteiger partial charge is 0.257 e. The average molecular weight is 410 g/mol. The van der Waals surface area contributed by atoms with Crippen LogP contribution in [0.1, 0.15) is 16.8 Å². The molecule has 152 valence electrons. The Balaban J connectivity index is 1.45. The fourth-order valence-electron chi connectivity index (χ4n) is 4.10. The van der Waals surface area contributed by atoms with Gasteiger partial charge in [0.15, 0.2) is 0 Å². The molecule has 0 saturated carbocycles. The van der Waals surface area contributed by atoms with Crippen molar-refractivity contribution in [2.45, 2.75) is 6.92 Å². The zero-order valence-corrected chi connectivity index (χ0v) is 16.7. The summed E-state index contributed by atoms with van der Waals surface area (Å²) in [7, 11) is 0. The van der Waals surface area contributed by atoms with E-state index in [-0.39, 0.29) is 5.91 Å². The molecule has 2 aliphatic rings. The molecule has 4 aromatic heterocycles. The van der Waals surface area contributed by atoms with Gasteiger partial charge in [0.1, 0.15) is 18.1 Å². The third-order valence-corrected chi connectivity index (χ3v) is 5.65. The van der Waals surface area contributed by atoms with E-state index in [9.17, 15) is 4.79 Å². The van der Waals surface area contributed by atoms with E-state index >= 15 is 0 Å². The molecule has 0 saturated heterocycles. The predicted molar refractivity (Wildman–Crippen MR) is 119 cm³/mol. The van der Waals surface area contributed by atoms with Crippen molar-refractivity contribution in [2.75, 3.05) is 23.8 Å². The highest BCUT2D eigenvalue weighted by Crippen LogP contribution is 2.38. The Morgan fingerprint density at radius 3 is 2.97 bits per heavy atom. The molecular formula is C23H18N6O2. The lowest BCUT2D eigenvalue weighted by atomic mass is 9.99. The van der Waals surface area contributed by atoms with Gasteiger partial charge in [-0.3, -0.25) is 9.78 Å². The number of hydrogen-bond donors (Lipinski definition) is 3. The molecule has 8 heteroatoms. The van der Waals surface area contributed by atoms with Gasteiger partial charge in [-0.05, 0) is 36.8 Å². The molecule has 6 heterocycles. The topological polar surface area (TPSA) is 105 Å². The molecule has 4 aromatic rings. The number of H-pyrrole nitrogens is 1. The van der Waals surface area contributed by atoms with E-state index in [2.05, 4.69) is 30.6 Å². The highest BCUT2D eigenvalue weighted by atomic mass is 16.5. The number of carbonyl (C=O) groups excluding carboxylic acids is 1. The Morgan fingerprint density at radius 2 is 2.06 bits per heavy atom. The Hall–Kier alpha value is -4.20. The number of aromatic amines is 1. The van der Waals surface area contributed by atoms with Gasteiger partial charge in [0, 0.05) is 64.6 Å². The van der Waals surface area contributed by atoms with Crippen LogP contribution >= 0.6 is 0 Å². The van der Waals surface area contributed by atoms with Gasteiger partial charge in [0.25, 0.3) is 5.91 Å². The fraction of sp³-hybridized carbons (Fsp3) is 0.130. The maximum absolute atomic E-state index is 12.7. The number of pyridine rings is 3. The van der Waals surface area contributed by atoms with Crippen molar-refractivity contribution in [2.24, 2.45) is 0 Å². The summed E-state index contributed by atoms with van der Waals surface area (Å²) >= 11 is 0. The highest BCUT2D eigenvalue weighted by molar-refractivity contribution is 6.34. The Kier molecular flexibility index (Phi) is 3.79. The van der Waals surface area contributed by atoms with Crippen molar-refractivity contribution in [3.8, 4) is 17.0 Å². The molecule has 1 amide bonds. The van der Waals surface area contributed by atoms with Crippen LogP contribution in [-0.2, 0) is 4.79 Å². The average Bonchev–Trinajstić information content (AvgIpc) is 3.34. The number of amides is 1. The molecule has 3 N–H and O–H groups in total. The molecule has 0 aliphatic carbocycles. The van der Waals surface area contributed by atoms with Crippen molar-refractivity contribution >= 4 is 40.0 Å². The Bertz CT molecular complexity index is 1370. The summed E-state index contributed by atoms with van der Waals surface area (Å²) in [5.41, 5.74) is 6.91. The minimum absolute atomic E-state index is 0.174. The van der Waals surface area contributed by atoms with Crippen molar-refractivity contribution in [1.29, 1.82) is 0 Å². The van der Waals surface area contributed by atoms with E-state index < -0.39 is 0 Å². The Labute approximate surface area is 177 Å². The molecule has 0 radical (unpaired) electrons. The van der Waals surface area contributed by atoms with Crippen LogP contribution in [0.15, 0.2) is 43.0 Å². The zero-order chi connectivity index (χ0) is 20.9. The molecule has 0 spiro atoms.